The lowest BCUT2D eigenvalue weighted by Gasteiger charge is -2.32. The van der Waals surface area contributed by atoms with Crippen molar-refractivity contribution in [3.63, 3.8) is 0 Å². The molecule has 260 valence electrons. The molecule has 0 bridgehead atoms. The minimum absolute atomic E-state index is 0.313. The van der Waals surface area contributed by atoms with Crippen LogP contribution in [0.25, 0.3) is 55.3 Å². The highest BCUT2D eigenvalue weighted by Crippen LogP contribution is 2.57. The predicted octanol–water partition coefficient (Wildman–Crippen LogP) is 14.6. The van der Waals surface area contributed by atoms with Crippen LogP contribution in [0.3, 0.4) is 0 Å². The summed E-state index contributed by atoms with van der Waals surface area (Å²) in [6.45, 7) is 2.39. The van der Waals surface area contributed by atoms with E-state index in [4.69, 9.17) is 0 Å². The Balaban J connectivity index is 1.23. The fourth-order valence-corrected chi connectivity index (χ4v) is 8.95. The minimum atomic E-state index is -0.313. The second kappa shape index (κ2) is 13.5. The first kappa shape index (κ1) is 32.7. The average Bonchev–Trinajstić information content (AvgIpc) is 3.54. The van der Waals surface area contributed by atoms with Crippen molar-refractivity contribution >= 4 is 27.8 Å². The average molecular weight is 702 g/mol. The number of nitrogens with zero attached hydrogens (tertiary/aromatic N) is 1. The summed E-state index contributed by atoms with van der Waals surface area (Å²) >= 11 is 0. The van der Waals surface area contributed by atoms with Crippen LogP contribution >= 0.6 is 0 Å². The summed E-state index contributed by atoms with van der Waals surface area (Å²) < 4.78 is 0. The molecule has 9 aromatic rings. The van der Waals surface area contributed by atoms with Gasteiger partial charge in [-0.25, -0.2) is 0 Å². The molecule has 0 radical (unpaired) electrons. The SMILES string of the molecule is CC1(c2ccccc2)c2ccccc2-c2c(N(c3ccc(-c4cccc5ccccc45)cc3)c3ccccc3-c3ccccc3-c3ccccc3)cccc21. The van der Waals surface area contributed by atoms with E-state index < -0.39 is 0 Å². The second-order valence-electron chi connectivity index (χ2n) is 14.6. The maximum atomic E-state index is 2.50. The number of hydrogen-bond donors (Lipinski definition) is 0. The van der Waals surface area contributed by atoms with Crippen LogP contribution in [-0.4, -0.2) is 0 Å². The highest BCUT2D eigenvalue weighted by Gasteiger charge is 2.42. The van der Waals surface area contributed by atoms with Crippen molar-refractivity contribution in [2.24, 2.45) is 0 Å². The van der Waals surface area contributed by atoms with Gasteiger partial charge in [-0.2, -0.15) is 0 Å². The van der Waals surface area contributed by atoms with Crippen molar-refractivity contribution in [3.05, 3.63) is 235 Å². The molecule has 0 N–H and O–H groups in total. The fraction of sp³-hybridized carbons (Fsp3) is 0.0370. The summed E-state index contributed by atoms with van der Waals surface area (Å²) in [5, 5.41) is 2.51. The van der Waals surface area contributed by atoms with E-state index in [0.29, 0.717) is 0 Å². The maximum Gasteiger partial charge on any atom is 0.0543 e. The van der Waals surface area contributed by atoms with Crippen LogP contribution in [0.4, 0.5) is 17.1 Å². The Morgan fingerprint density at radius 2 is 0.873 bits per heavy atom. The topological polar surface area (TPSA) is 3.24 Å². The van der Waals surface area contributed by atoms with E-state index in [1.807, 2.05) is 0 Å². The molecule has 9 aromatic carbocycles. The Morgan fingerprint density at radius 3 is 1.67 bits per heavy atom. The zero-order valence-corrected chi connectivity index (χ0v) is 30.7. The molecular weight excluding hydrogens is 663 g/mol. The van der Waals surface area contributed by atoms with Crippen LogP contribution in [0.1, 0.15) is 23.6 Å². The second-order valence-corrected chi connectivity index (χ2v) is 14.6. The number of para-hydroxylation sites is 1. The first-order valence-corrected chi connectivity index (χ1v) is 19.1. The summed E-state index contributed by atoms with van der Waals surface area (Å²) in [4.78, 5) is 2.50. The third-order valence-corrected chi connectivity index (χ3v) is 11.6. The predicted molar refractivity (Wildman–Crippen MR) is 232 cm³/mol. The first-order valence-electron chi connectivity index (χ1n) is 19.1. The van der Waals surface area contributed by atoms with Gasteiger partial charge in [-0.05, 0) is 92.0 Å². The third-order valence-electron chi connectivity index (χ3n) is 11.6. The van der Waals surface area contributed by atoms with Gasteiger partial charge in [0.2, 0.25) is 0 Å². The van der Waals surface area contributed by atoms with E-state index in [1.165, 1.54) is 72.0 Å². The van der Waals surface area contributed by atoms with E-state index in [2.05, 4.69) is 230 Å². The lowest BCUT2D eigenvalue weighted by Crippen LogP contribution is -2.22. The van der Waals surface area contributed by atoms with Crippen molar-refractivity contribution in [2.75, 3.05) is 4.90 Å². The van der Waals surface area contributed by atoms with Gasteiger partial charge in [0, 0.05) is 22.2 Å². The van der Waals surface area contributed by atoms with Gasteiger partial charge in [-0.15, -0.1) is 0 Å². The molecule has 0 saturated carbocycles. The number of hydrogen-bond acceptors (Lipinski definition) is 1. The molecule has 55 heavy (non-hydrogen) atoms. The van der Waals surface area contributed by atoms with Crippen LogP contribution in [-0.2, 0) is 5.41 Å². The van der Waals surface area contributed by atoms with Crippen molar-refractivity contribution < 1.29 is 0 Å². The fourth-order valence-electron chi connectivity index (χ4n) is 8.95. The van der Waals surface area contributed by atoms with Crippen LogP contribution in [0, 0.1) is 0 Å². The zero-order valence-electron chi connectivity index (χ0n) is 30.7. The molecule has 0 fully saturated rings. The molecule has 1 aliphatic carbocycles. The van der Waals surface area contributed by atoms with E-state index in [-0.39, 0.29) is 5.41 Å². The Kier molecular flexibility index (Phi) is 8.00. The third kappa shape index (κ3) is 5.39. The Bertz CT molecular complexity index is 2810. The van der Waals surface area contributed by atoms with Crippen LogP contribution in [0.5, 0.6) is 0 Å². The van der Waals surface area contributed by atoms with Crippen molar-refractivity contribution in [2.45, 2.75) is 12.3 Å². The van der Waals surface area contributed by atoms with Gasteiger partial charge in [0.1, 0.15) is 0 Å². The molecule has 0 aliphatic heterocycles. The van der Waals surface area contributed by atoms with Gasteiger partial charge in [-0.3, -0.25) is 0 Å². The number of rotatable bonds is 7. The molecule has 1 atom stereocenters. The van der Waals surface area contributed by atoms with Crippen LogP contribution in [0.2, 0.25) is 0 Å². The maximum absolute atomic E-state index is 2.50. The normalized spacial score (nSPS) is 14.3. The Morgan fingerprint density at radius 1 is 0.345 bits per heavy atom. The molecule has 1 heteroatoms. The van der Waals surface area contributed by atoms with Crippen molar-refractivity contribution in [1.82, 2.24) is 0 Å². The van der Waals surface area contributed by atoms with Crippen molar-refractivity contribution in [1.29, 1.82) is 0 Å². The zero-order chi connectivity index (χ0) is 36.8. The molecule has 1 aliphatic rings. The lowest BCUT2D eigenvalue weighted by molar-refractivity contribution is 0.714. The van der Waals surface area contributed by atoms with Gasteiger partial charge >= 0.3 is 0 Å². The highest BCUT2D eigenvalue weighted by molar-refractivity contribution is 6.01. The molecular formula is C54H39N. The van der Waals surface area contributed by atoms with Crippen LogP contribution in [0.15, 0.2) is 218 Å². The van der Waals surface area contributed by atoms with Gasteiger partial charge < -0.3 is 4.90 Å². The van der Waals surface area contributed by atoms with E-state index in [1.54, 1.807) is 0 Å². The molecule has 1 unspecified atom stereocenters. The van der Waals surface area contributed by atoms with Crippen molar-refractivity contribution in [3.8, 4) is 44.5 Å². The largest absolute Gasteiger partial charge is 0.309 e. The van der Waals surface area contributed by atoms with Gasteiger partial charge in [0.05, 0.1) is 11.4 Å². The smallest absolute Gasteiger partial charge is 0.0543 e. The Labute approximate surface area is 323 Å². The van der Waals surface area contributed by atoms with E-state index >= 15 is 0 Å². The summed E-state index contributed by atoms with van der Waals surface area (Å²) in [6, 6.07) is 79.7. The number of benzene rings is 9. The van der Waals surface area contributed by atoms with E-state index in [9.17, 15) is 0 Å². The first-order chi connectivity index (χ1) is 27.2. The standard InChI is InChI=1S/C54H39N/c1-54(41-22-6-3-7-23-41)49-30-14-12-28-48(49)53-50(54)31-17-33-52(53)55(42-36-34-40(35-37-42)44-29-16-21-39-20-8-9-24-43(39)44)51-32-15-13-27-47(51)46-26-11-10-25-45(46)38-18-4-2-5-19-38/h2-37H,1H3. The lowest BCUT2D eigenvalue weighted by atomic mass is 9.74. The van der Waals surface area contributed by atoms with Crippen LogP contribution < -0.4 is 4.90 Å². The Hall–Kier alpha value is -6.96. The molecule has 0 spiro atoms. The summed E-state index contributed by atoms with van der Waals surface area (Å²) in [5.74, 6) is 0. The molecule has 0 saturated heterocycles. The molecule has 0 aromatic heterocycles. The summed E-state index contributed by atoms with van der Waals surface area (Å²) in [6.07, 6.45) is 0. The molecule has 0 heterocycles. The summed E-state index contributed by atoms with van der Waals surface area (Å²) in [7, 11) is 0. The number of anilines is 3. The highest BCUT2D eigenvalue weighted by atomic mass is 15.1. The minimum Gasteiger partial charge on any atom is -0.309 e. The quantitative estimate of drug-likeness (QED) is 0.160. The van der Waals surface area contributed by atoms with Gasteiger partial charge in [-0.1, -0.05) is 194 Å². The van der Waals surface area contributed by atoms with Gasteiger partial charge in [0.25, 0.3) is 0 Å². The van der Waals surface area contributed by atoms with E-state index in [0.717, 1.165) is 17.1 Å². The monoisotopic (exact) mass is 701 g/mol. The summed E-state index contributed by atoms with van der Waals surface area (Å²) in [5.41, 5.74) is 16.8. The molecule has 1 nitrogen and oxygen atoms in total. The molecule has 10 rings (SSSR count). The number of fused-ring (bicyclic) bond motifs is 4. The van der Waals surface area contributed by atoms with Gasteiger partial charge in [0.15, 0.2) is 0 Å². The molecule has 0 amide bonds.